The zero-order valence-corrected chi connectivity index (χ0v) is 13.7. The molecule has 0 spiro atoms. The molecule has 3 nitrogen and oxygen atoms in total. The Balaban J connectivity index is 1.78. The predicted octanol–water partition coefficient (Wildman–Crippen LogP) is 5.38. The van der Waals surface area contributed by atoms with Crippen LogP contribution >= 0.6 is 11.6 Å². The lowest BCUT2D eigenvalue weighted by atomic mass is 9.67. The summed E-state index contributed by atoms with van der Waals surface area (Å²) in [6, 6.07) is 4.67. The molecule has 0 aliphatic heterocycles. The molecule has 23 heavy (non-hydrogen) atoms. The first-order valence-corrected chi connectivity index (χ1v) is 8.34. The van der Waals surface area contributed by atoms with Crippen LogP contribution in [0.5, 0.6) is 5.88 Å². The number of aromatic nitrogens is 1. The molecule has 0 radical (unpaired) electrons. The van der Waals surface area contributed by atoms with Gasteiger partial charge in [-0.05, 0) is 61.3 Å². The predicted molar refractivity (Wildman–Crippen MR) is 89.4 cm³/mol. The van der Waals surface area contributed by atoms with Crippen LogP contribution in [0, 0.1) is 5.82 Å². The number of rotatable bonds is 3. The van der Waals surface area contributed by atoms with Crippen molar-refractivity contribution in [3.63, 3.8) is 0 Å². The molecule has 3 aliphatic carbocycles. The molecule has 1 heterocycles. The van der Waals surface area contributed by atoms with Crippen LogP contribution in [0.3, 0.4) is 0 Å². The van der Waals surface area contributed by atoms with E-state index in [0.717, 1.165) is 17.3 Å². The molecular weight excluding hydrogens is 315 g/mol. The van der Waals surface area contributed by atoms with E-state index in [9.17, 15) is 4.39 Å². The second-order valence-electron chi connectivity index (χ2n) is 6.31. The SMILES string of the molecule is COc1ncc(Nc2ccc(F)c(Cl)c2)c2c1C1CCC2CC1. The van der Waals surface area contributed by atoms with Gasteiger partial charge in [-0.2, -0.15) is 0 Å². The minimum atomic E-state index is -0.411. The first-order valence-electron chi connectivity index (χ1n) is 7.96. The van der Waals surface area contributed by atoms with Crippen LogP contribution in [0.4, 0.5) is 15.8 Å². The van der Waals surface area contributed by atoms with Gasteiger partial charge in [0.25, 0.3) is 0 Å². The lowest BCUT2D eigenvalue weighted by Gasteiger charge is -2.39. The molecule has 1 aromatic carbocycles. The van der Waals surface area contributed by atoms with Gasteiger partial charge in [0, 0.05) is 11.3 Å². The summed E-state index contributed by atoms with van der Waals surface area (Å²) in [5.41, 5.74) is 4.33. The number of fused-ring (bicyclic) bond motifs is 2. The van der Waals surface area contributed by atoms with Gasteiger partial charge in [-0.25, -0.2) is 9.37 Å². The zero-order valence-electron chi connectivity index (χ0n) is 12.9. The second-order valence-corrected chi connectivity index (χ2v) is 6.72. The maximum atomic E-state index is 13.3. The average Bonchev–Trinajstić information content (AvgIpc) is 2.59. The first-order chi connectivity index (χ1) is 11.2. The quantitative estimate of drug-likeness (QED) is 0.819. The molecule has 1 fully saturated rings. The van der Waals surface area contributed by atoms with Crippen LogP contribution in [0.25, 0.3) is 0 Å². The van der Waals surface area contributed by atoms with E-state index in [-0.39, 0.29) is 5.02 Å². The van der Waals surface area contributed by atoms with Crippen LogP contribution in [0.15, 0.2) is 24.4 Å². The van der Waals surface area contributed by atoms with Gasteiger partial charge >= 0.3 is 0 Å². The van der Waals surface area contributed by atoms with E-state index in [2.05, 4.69) is 10.3 Å². The van der Waals surface area contributed by atoms with Crippen LogP contribution in [0.2, 0.25) is 5.02 Å². The number of ether oxygens (including phenoxy) is 1. The Bertz CT molecular complexity index is 757. The van der Waals surface area contributed by atoms with Gasteiger partial charge in [-0.15, -0.1) is 0 Å². The molecule has 0 amide bonds. The fourth-order valence-electron chi connectivity index (χ4n) is 4.02. The highest BCUT2D eigenvalue weighted by Gasteiger charge is 2.37. The number of pyridine rings is 1. The number of hydrogen-bond donors (Lipinski definition) is 1. The summed E-state index contributed by atoms with van der Waals surface area (Å²) in [6.45, 7) is 0. The van der Waals surface area contributed by atoms with Gasteiger partial charge in [0.15, 0.2) is 0 Å². The highest BCUT2D eigenvalue weighted by atomic mass is 35.5. The van der Waals surface area contributed by atoms with Crippen molar-refractivity contribution in [1.29, 1.82) is 0 Å². The average molecular weight is 333 g/mol. The minimum absolute atomic E-state index is 0.117. The lowest BCUT2D eigenvalue weighted by molar-refractivity contribution is 0.329. The monoisotopic (exact) mass is 332 g/mol. The van der Waals surface area contributed by atoms with E-state index in [1.165, 1.54) is 42.9 Å². The van der Waals surface area contributed by atoms with Crippen molar-refractivity contribution in [2.45, 2.75) is 37.5 Å². The maximum absolute atomic E-state index is 13.3. The van der Waals surface area contributed by atoms with Gasteiger partial charge < -0.3 is 10.1 Å². The van der Waals surface area contributed by atoms with Crippen molar-refractivity contribution in [3.05, 3.63) is 46.4 Å². The zero-order chi connectivity index (χ0) is 16.0. The topological polar surface area (TPSA) is 34.1 Å². The third-order valence-electron chi connectivity index (χ3n) is 5.06. The number of anilines is 2. The molecule has 5 rings (SSSR count). The molecule has 0 atom stereocenters. The van der Waals surface area contributed by atoms with Crippen LogP contribution in [-0.4, -0.2) is 12.1 Å². The summed E-state index contributed by atoms with van der Waals surface area (Å²) in [6.07, 6.45) is 6.66. The highest BCUT2D eigenvalue weighted by molar-refractivity contribution is 6.31. The van der Waals surface area contributed by atoms with Crippen molar-refractivity contribution in [2.75, 3.05) is 12.4 Å². The normalized spacial score (nSPS) is 21.9. The van der Waals surface area contributed by atoms with E-state index in [0.29, 0.717) is 11.8 Å². The van der Waals surface area contributed by atoms with Crippen molar-refractivity contribution in [2.24, 2.45) is 0 Å². The summed E-state index contributed by atoms with van der Waals surface area (Å²) >= 11 is 5.88. The van der Waals surface area contributed by atoms with Gasteiger partial charge in [-0.1, -0.05) is 11.6 Å². The Labute approximate surface area is 139 Å². The van der Waals surface area contributed by atoms with Crippen LogP contribution in [-0.2, 0) is 0 Å². The summed E-state index contributed by atoms with van der Waals surface area (Å²) in [5.74, 6) is 1.42. The smallest absolute Gasteiger partial charge is 0.216 e. The van der Waals surface area contributed by atoms with Crippen LogP contribution < -0.4 is 10.1 Å². The number of benzene rings is 1. The largest absolute Gasteiger partial charge is 0.481 e. The van der Waals surface area contributed by atoms with Crippen molar-refractivity contribution in [1.82, 2.24) is 4.98 Å². The van der Waals surface area contributed by atoms with E-state index < -0.39 is 5.82 Å². The van der Waals surface area contributed by atoms with Crippen molar-refractivity contribution < 1.29 is 9.13 Å². The maximum Gasteiger partial charge on any atom is 0.216 e. The molecule has 1 saturated carbocycles. The van der Waals surface area contributed by atoms with Gasteiger partial charge in [0.1, 0.15) is 5.82 Å². The number of hydrogen-bond acceptors (Lipinski definition) is 3. The fraction of sp³-hybridized carbons (Fsp3) is 0.389. The van der Waals surface area contributed by atoms with E-state index in [1.54, 1.807) is 19.2 Å². The Hall–Kier alpha value is -1.81. The van der Waals surface area contributed by atoms with Gasteiger partial charge in [0.2, 0.25) is 5.88 Å². The fourth-order valence-corrected chi connectivity index (χ4v) is 4.20. The van der Waals surface area contributed by atoms with E-state index in [4.69, 9.17) is 16.3 Å². The summed E-state index contributed by atoms with van der Waals surface area (Å²) in [7, 11) is 1.68. The summed E-state index contributed by atoms with van der Waals surface area (Å²) in [5, 5.41) is 3.48. The number of nitrogens with zero attached hydrogens (tertiary/aromatic N) is 1. The number of nitrogens with one attached hydrogen (secondary N) is 1. The van der Waals surface area contributed by atoms with Crippen molar-refractivity contribution >= 4 is 23.0 Å². The number of methoxy groups -OCH3 is 1. The molecule has 0 unspecified atom stereocenters. The molecule has 1 aromatic heterocycles. The molecule has 1 N–H and O–H groups in total. The second kappa shape index (κ2) is 5.68. The van der Waals surface area contributed by atoms with E-state index >= 15 is 0 Å². The van der Waals surface area contributed by atoms with Gasteiger partial charge in [0.05, 0.1) is 24.0 Å². The molecule has 2 aromatic rings. The van der Waals surface area contributed by atoms with Gasteiger partial charge in [-0.3, -0.25) is 0 Å². The molecule has 2 bridgehead atoms. The van der Waals surface area contributed by atoms with Crippen LogP contribution in [0.1, 0.15) is 48.6 Å². The first kappa shape index (κ1) is 14.8. The molecule has 120 valence electrons. The summed E-state index contributed by atoms with van der Waals surface area (Å²) in [4.78, 5) is 4.47. The third kappa shape index (κ3) is 2.45. The Morgan fingerprint density at radius 3 is 2.52 bits per heavy atom. The molecule has 0 saturated heterocycles. The molecule has 3 aliphatic rings. The van der Waals surface area contributed by atoms with E-state index in [1.807, 2.05) is 6.20 Å². The minimum Gasteiger partial charge on any atom is -0.481 e. The van der Waals surface area contributed by atoms with Crippen molar-refractivity contribution in [3.8, 4) is 5.88 Å². The highest BCUT2D eigenvalue weighted by Crippen LogP contribution is 2.54. The molecular formula is C18H18ClFN2O. The summed E-state index contributed by atoms with van der Waals surface area (Å²) < 4.78 is 18.8. The lowest BCUT2D eigenvalue weighted by Crippen LogP contribution is -2.24. The Kier molecular flexibility index (Phi) is 3.64. The molecule has 5 heteroatoms. The Morgan fingerprint density at radius 2 is 1.87 bits per heavy atom. The number of halogens is 2. The Morgan fingerprint density at radius 1 is 1.17 bits per heavy atom. The standard InChI is InChI=1S/C18H18ClFN2O/c1-23-18-17-11-4-2-10(3-5-11)16(17)15(9-21-18)22-12-6-7-14(20)13(19)8-12/h6-11,22H,2-5H2,1H3. The third-order valence-corrected chi connectivity index (χ3v) is 5.35.